The predicted molar refractivity (Wildman–Crippen MR) is 106 cm³/mol. The Bertz CT molecular complexity index is 797. The van der Waals surface area contributed by atoms with Crippen LogP contribution >= 0.6 is 0 Å². The molecule has 148 valence electrons. The Morgan fingerprint density at radius 2 is 1.93 bits per heavy atom. The van der Waals surface area contributed by atoms with Gasteiger partial charge in [0.25, 0.3) is 5.91 Å². The topological polar surface area (TPSA) is 73.9 Å². The molecule has 1 aliphatic heterocycles. The molecule has 0 aliphatic carbocycles. The second-order valence-electron chi connectivity index (χ2n) is 6.61. The highest BCUT2D eigenvalue weighted by Gasteiger charge is 2.16. The molecule has 2 aromatic carbocycles. The number of nitrogens with one attached hydrogen (secondary N) is 1. The largest absolute Gasteiger partial charge is 0.491 e. The fourth-order valence-electron chi connectivity index (χ4n) is 3.00. The monoisotopic (exact) mass is 383 g/mol. The molecule has 1 N–H and O–H groups in total. The number of anilines is 1. The maximum absolute atomic E-state index is 12.1. The third-order valence-corrected chi connectivity index (χ3v) is 4.56. The molecule has 28 heavy (non-hydrogen) atoms. The molecule has 6 nitrogen and oxygen atoms in total. The van der Waals surface area contributed by atoms with E-state index in [2.05, 4.69) is 5.32 Å². The Hall–Kier alpha value is -2.86. The Balaban J connectivity index is 1.45. The van der Waals surface area contributed by atoms with Crippen LogP contribution in [0.25, 0.3) is 0 Å². The van der Waals surface area contributed by atoms with Crippen molar-refractivity contribution in [2.75, 3.05) is 25.1 Å². The average molecular weight is 383 g/mol. The normalized spacial score (nSPS) is 15.8. The summed E-state index contributed by atoms with van der Waals surface area (Å²) in [5.41, 5.74) is 2.13. The van der Waals surface area contributed by atoms with Gasteiger partial charge in [0.15, 0.2) is 6.61 Å². The van der Waals surface area contributed by atoms with Gasteiger partial charge in [-0.15, -0.1) is 0 Å². The summed E-state index contributed by atoms with van der Waals surface area (Å²) in [4.78, 5) is 24.2. The summed E-state index contributed by atoms with van der Waals surface area (Å²) in [5.74, 6) is -0.253. The Morgan fingerprint density at radius 3 is 2.64 bits per heavy atom. The van der Waals surface area contributed by atoms with Crippen molar-refractivity contribution in [1.82, 2.24) is 0 Å². The van der Waals surface area contributed by atoms with Crippen molar-refractivity contribution in [1.29, 1.82) is 0 Å². The van der Waals surface area contributed by atoms with E-state index >= 15 is 0 Å². The summed E-state index contributed by atoms with van der Waals surface area (Å²) in [5, 5.41) is 2.77. The van der Waals surface area contributed by atoms with E-state index in [9.17, 15) is 9.59 Å². The van der Waals surface area contributed by atoms with Crippen molar-refractivity contribution in [2.24, 2.45) is 0 Å². The van der Waals surface area contributed by atoms with E-state index < -0.39 is 5.97 Å². The van der Waals surface area contributed by atoms with E-state index in [1.54, 1.807) is 24.3 Å². The molecule has 2 aromatic rings. The third kappa shape index (κ3) is 5.57. The zero-order valence-electron chi connectivity index (χ0n) is 16.0. The molecule has 0 unspecified atom stereocenters. The molecule has 0 spiro atoms. The molecule has 1 heterocycles. The molecule has 0 saturated carbocycles. The summed E-state index contributed by atoms with van der Waals surface area (Å²) < 4.78 is 16.3. The molecule has 0 aromatic heterocycles. The van der Waals surface area contributed by atoms with Gasteiger partial charge >= 0.3 is 5.97 Å². The maximum Gasteiger partial charge on any atom is 0.338 e. The van der Waals surface area contributed by atoms with Crippen molar-refractivity contribution in [3.05, 3.63) is 59.7 Å². The average Bonchev–Trinajstić information content (AvgIpc) is 3.25. The minimum atomic E-state index is -0.551. The van der Waals surface area contributed by atoms with Gasteiger partial charge in [-0.1, -0.05) is 25.1 Å². The number of benzene rings is 2. The molecule has 1 fully saturated rings. The number of ether oxygens (including phenoxy) is 3. The van der Waals surface area contributed by atoms with Gasteiger partial charge in [-0.05, 0) is 55.2 Å². The number of carbonyl (C=O) groups excluding carboxylic acids is 2. The number of aryl methyl sites for hydroxylation is 1. The van der Waals surface area contributed by atoms with Gasteiger partial charge in [-0.3, -0.25) is 4.79 Å². The zero-order valence-corrected chi connectivity index (χ0v) is 16.0. The Kier molecular flexibility index (Phi) is 7.03. The maximum atomic E-state index is 12.1. The van der Waals surface area contributed by atoms with Gasteiger partial charge in [-0.25, -0.2) is 4.79 Å². The highest BCUT2D eigenvalue weighted by Crippen LogP contribution is 2.17. The SMILES string of the molecule is CCc1ccccc1NC(=O)COC(=O)c1ccc(OC[C@@H]2CCCO2)cc1. The lowest BCUT2D eigenvalue weighted by atomic mass is 10.1. The number of esters is 1. The predicted octanol–water partition coefficient (Wildman–Crippen LogP) is 3.60. The molecular formula is C22H25NO5. The van der Waals surface area contributed by atoms with Crippen molar-refractivity contribution in [3.8, 4) is 5.75 Å². The second-order valence-corrected chi connectivity index (χ2v) is 6.61. The van der Waals surface area contributed by atoms with Crippen molar-refractivity contribution >= 4 is 17.6 Å². The zero-order chi connectivity index (χ0) is 19.8. The van der Waals surface area contributed by atoms with Gasteiger partial charge in [-0.2, -0.15) is 0 Å². The molecular weight excluding hydrogens is 358 g/mol. The van der Waals surface area contributed by atoms with E-state index in [0.29, 0.717) is 17.9 Å². The van der Waals surface area contributed by atoms with Crippen LogP contribution in [0.3, 0.4) is 0 Å². The smallest absolute Gasteiger partial charge is 0.338 e. The number of hydrogen-bond donors (Lipinski definition) is 1. The van der Waals surface area contributed by atoms with Gasteiger partial charge < -0.3 is 19.5 Å². The van der Waals surface area contributed by atoms with Crippen molar-refractivity contribution < 1.29 is 23.8 Å². The van der Waals surface area contributed by atoms with Gasteiger partial charge in [0.2, 0.25) is 0 Å². The molecule has 1 saturated heterocycles. The van der Waals surface area contributed by atoms with Crippen molar-refractivity contribution in [3.63, 3.8) is 0 Å². The van der Waals surface area contributed by atoms with E-state index in [4.69, 9.17) is 14.2 Å². The number of hydrogen-bond acceptors (Lipinski definition) is 5. The first kappa shape index (κ1) is 19.9. The van der Waals surface area contributed by atoms with Gasteiger partial charge in [0.1, 0.15) is 12.4 Å². The standard InChI is InChI=1S/C22H25NO5/c1-2-16-6-3-4-8-20(16)23-21(24)15-28-22(25)17-9-11-18(12-10-17)27-14-19-7-5-13-26-19/h3-4,6,8-12,19H,2,5,7,13-15H2,1H3,(H,23,24)/t19-/m0/s1. The van der Waals surface area contributed by atoms with Crippen LogP contribution in [-0.4, -0.2) is 37.8 Å². The lowest BCUT2D eigenvalue weighted by Gasteiger charge is -2.12. The summed E-state index contributed by atoms with van der Waals surface area (Å²) >= 11 is 0. The first-order valence-corrected chi connectivity index (χ1v) is 9.55. The first-order valence-electron chi connectivity index (χ1n) is 9.55. The lowest BCUT2D eigenvalue weighted by Crippen LogP contribution is -2.21. The second kappa shape index (κ2) is 9.90. The molecule has 0 bridgehead atoms. The highest BCUT2D eigenvalue weighted by atomic mass is 16.5. The Morgan fingerprint density at radius 1 is 1.14 bits per heavy atom. The quantitative estimate of drug-likeness (QED) is 0.705. The molecule has 0 radical (unpaired) electrons. The fraction of sp³-hybridized carbons (Fsp3) is 0.364. The van der Waals surface area contributed by atoms with E-state index in [1.165, 1.54) is 0 Å². The summed E-state index contributed by atoms with van der Waals surface area (Å²) in [7, 11) is 0. The molecule has 1 aliphatic rings. The van der Waals surface area contributed by atoms with Gasteiger partial charge in [0, 0.05) is 12.3 Å². The van der Waals surface area contributed by atoms with Crippen LogP contribution in [0.4, 0.5) is 5.69 Å². The van der Waals surface area contributed by atoms with Crippen LogP contribution in [0.1, 0.15) is 35.7 Å². The molecule has 1 amide bonds. The van der Waals surface area contributed by atoms with E-state index in [-0.39, 0.29) is 18.6 Å². The fourth-order valence-corrected chi connectivity index (χ4v) is 3.00. The molecule has 3 rings (SSSR count). The summed E-state index contributed by atoms with van der Waals surface area (Å²) in [6.07, 6.45) is 3.02. The number of rotatable bonds is 8. The van der Waals surface area contributed by atoms with Crippen LogP contribution in [-0.2, 0) is 20.7 Å². The lowest BCUT2D eigenvalue weighted by molar-refractivity contribution is -0.119. The van der Waals surface area contributed by atoms with Crippen LogP contribution in [0, 0.1) is 0 Å². The summed E-state index contributed by atoms with van der Waals surface area (Å²) in [6, 6.07) is 14.2. The number of para-hydroxylation sites is 1. The third-order valence-electron chi connectivity index (χ3n) is 4.56. The summed E-state index contributed by atoms with van der Waals surface area (Å²) in [6.45, 7) is 2.97. The van der Waals surface area contributed by atoms with Gasteiger partial charge in [0.05, 0.1) is 11.7 Å². The van der Waals surface area contributed by atoms with Crippen LogP contribution in [0.5, 0.6) is 5.75 Å². The van der Waals surface area contributed by atoms with Crippen LogP contribution in [0.2, 0.25) is 0 Å². The highest BCUT2D eigenvalue weighted by molar-refractivity contribution is 5.95. The minimum Gasteiger partial charge on any atom is -0.491 e. The van der Waals surface area contributed by atoms with Crippen LogP contribution in [0.15, 0.2) is 48.5 Å². The molecule has 1 atom stereocenters. The first-order chi connectivity index (χ1) is 13.7. The van der Waals surface area contributed by atoms with Crippen molar-refractivity contribution in [2.45, 2.75) is 32.3 Å². The Labute approximate surface area is 164 Å². The van der Waals surface area contributed by atoms with E-state index in [0.717, 1.165) is 37.1 Å². The van der Waals surface area contributed by atoms with Crippen LogP contribution < -0.4 is 10.1 Å². The number of carbonyl (C=O) groups is 2. The van der Waals surface area contributed by atoms with E-state index in [1.807, 2.05) is 31.2 Å². The number of amides is 1. The molecule has 6 heteroatoms. The minimum absolute atomic E-state index is 0.140.